The maximum absolute atomic E-state index is 5.32. The summed E-state index contributed by atoms with van der Waals surface area (Å²) in [6.07, 6.45) is 2.99. The van der Waals surface area contributed by atoms with E-state index in [1.165, 1.54) is 0 Å². The van der Waals surface area contributed by atoms with Gasteiger partial charge in [-0.15, -0.1) is 0 Å². The van der Waals surface area contributed by atoms with Crippen LogP contribution in [0.1, 0.15) is 32.8 Å². The lowest BCUT2D eigenvalue weighted by Gasteiger charge is -2.08. The molecule has 0 aliphatic rings. The van der Waals surface area contributed by atoms with Gasteiger partial charge in [-0.3, -0.25) is 4.99 Å². The van der Waals surface area contributed by atoms with Gasteiger partial charge in [-0.05, 0) is 32.4 Å². The van der Waals surface area contributed by atoms with Crippen molar-refractivity contribution in [2.75, 3.05) is 7.11 Å². The summed E-state index contributed by atoms with van der Waals surface area (Å²) in [5.74, 6) is 0.871. The van der Waals surface area contributed by atoms with Crippen molar-refractivity contribution in [3.05, 3.63) is 41.6 Å². The number of allylic oxidation sites excluding steroid dienone is 2. The van der Waals surface area contributed by atoms with Crippen LogP contribution in [0.4, 0.5) is 0 Å². The molecule has 0 aromatic heterocycles. The Morgan fingerprint density at radius 1 is 1.38 bits per heavy atom. The van der Waals surface area contributed by atoms with Crippen LogP contribution in [-0.2, 0) is 0 Å². The molecule has 0 heterocycles. The summed E-state index contributed by atoms with van der Waals surface area (Å²) in [6.45, 7) is 6.13. The molecule has 0 fully saturated rings. The average molecular weight is 217 g/mol. The van der Waals surface area contributed by atoms with E-state index in [0.29, 0.717) is 0 Å². The van der Waals surface area contributed by atoms with Crippen LogP contribution in [0.25, 0.3) is 0 Å². The molecule has 1 rings (SSSR count). The maximum atomic E-state index is 5.32. The summed E-state index contributed by atoms with van der Waals surface area (Å²) < 4.78 is 5.32. The Morgan fingerprint density at radius 2 is 2.06 bits per heavy atom. The first-order valence-electron chi connectivity index (χ1n) is 5.56. The Morgan fingerprint density at radius 3 is 2.62 bits per heavy atom. The van der Waals surface area contributed by atoms with E-state index in [2.05, 4.69) is 11.9 Å². The lowest BCUT2D eigenvalue weighted by atomic mass is 10.1. The number of hydrogen-bond acceptors (Lipinski definition) is 2. The molecule has 2 heteroatoms. The number of nitrogens with zero attached hydrogens (tertiary/aromatic N) is 1. The molecule has 0 radical (unpaired) electrons. The van der Waals surface area contributed by atoms with E-state index >= 15 is 0 Å². The topological polar surface area (TPSA) is 21.6 Å². The summed E-state index contributed by atoms with van der Waals surface area (Å²) in [5, 5.41) is 0. The number of aliphatic imine (C=N–C) groups is 1. The molecule has 0 atom stereocenters. The third-order valence-corrected chi connectivity index (χ3v) is 2.50. The Bertz CT molecular complexity index is 405. The van der Waals surface area contributed by atoms with Gasteiger partial charge in [0.05, 0.1) is 7.11 Å². The van der Waals surface area contributed by atoms with Crippen LogP contribution in [0.2, 0.25) is 0 Å². The Labute approximate surface area is 97.7 Å². The molecule has 0 saturated carbocycles. The van der Waals surface area contributed by atoms with Crippen molar-refractivity contribution in [1.82, 2.24) is 0 Å². The van der Waals surface area contributed by atoms with Gasteiger partial charge in [0, 0.05) is 17.0 Å². The van der Waals surface area contributed by atoms with Crippen molar-refractivity contribution in [3.8, 4) is 5.75 Å². The lowest BCUT2D eigenvalue weighted by Crippen LogP contribution is -1.99. The second-order valence-corrected chi connectivity index (χ2v) is 3.53. The fourth-order valence-electron chi connectivity index (χ4n) is 1.57. The van der Waals surface area contributed by atoms with Crippen LogP contribution in [-0.4, -0.2) is 12.8 Å². The highest BCUT2D eigenvalue weighted by molar-refractivity contribution is 6.01. The van der Waals surface area contributed by atoms with Gasteiger partial charge in [0.1, 0.15) is 5.75 Å². The zero-order valence-electron chi connectivity index (χ0n) is 10.4. The molecule has 86 valence electrons. The van der Waals surface area contributed by atoms with Gasteiger partial charge < -0.3 is 4.74 Å². The minimum atomic E-state index is 0.871. The predicted molar refractivity (Wildman–Crippen MR) is 69.3 cm³/mol. The third-order valence-electron chi connectivity index (χ3n) is 2.50. The summed E-state index contributed by atoms with van der Waals surface area (Å²) in [6, 6.07) is 7.94. The molecular formula is C14H19NO. The van der Waals surface area contributed by atoms with E-state index < -0.39 is 0 Å². The molecule has 1 aromatic rings. The summed E-state index contributed by atoms with van der Waals surface area (Å²) in [7, 11) is 1.68. The number of ether oxygens (including phenoxy) is 1. The second-order valence-electron chi connectivity index (χ2n) is 3.53. The van der Waals surface area contributed by atoms with Gasteiger partial charge in [0.2, 0.25) is 0 Å². The molecule has 0 saturated heterocycles. The monoisotopic (exact) mass is 217 g/mol. The molecule has 16 heavy (non-hydrogen) atoms. The van der Waals surface area contributed by atoms with Gasteiger partial charge in [-0.1, -0.05) is 25.1 Å². The van der Waals surface area contributed by atoms with Crippen LogP contribution >= 0.6 is 0 Å². The molecule has 0 amide bonds. The fraction of sp³-hybridized carbons (Fsp3) is 0.357. The zero-order chi connectivity index (χ0) is 12.0. The minimum absolute atomic E-state index is 0.871. The van der Waals surface area contributed by atoms with Crippen molar-refractivity contribution < 1.29 is 4.74 Å². The largest absolute Gasteiger partial charge is 0.496 e. The van der Waals surface area contributed by atoms with E-state index in [-0.39, 0.29) is 0 Å². The third kappa shape index (κ3) is 2.96. The van der Waals surface area contributed by atoms with E-state index in [9.17, 15) is 0 Å². The van der Waals surface area contributed by atoms with Gasteiger partial charge in [0.15, 0.2) is 0 Å². The molecule has 2 nitrogen and oxygen atoms in total. The highest BCUT2D eigenvalue weighted by Crippen LogP contribution is 2.19. The van der Waals surface area contributed by atoms with Crippen molar-refractivity contribution >= 4 is 5.71 Å². The van der Waals surface area contributed by atoms with Crippen LogP contribution in [0.15, 0.2) is 41.0 Å². The number of rotatable bonds is 4. The van der Waals surface area contributed by atoms with Crippen molar-refractivity contribution in [1.29, 1.82) is 0 Å². The van der Waals surface area contributed by atoms with Gasteiger partial charge in [-0.25, -0.2) is 0 Å². The minimum Gasteiger partial charge on any atom is -0.496 e. The number of para-hydroxylation sites is 1. The van der Waals surface area contributed by atoms with Gasteiger partial charge in [-0.2, -0.15) is 0 Å². The van der Waals surface area contributed by atoms with Crippen molar-refractivity contribution in [2.45, 2.75) is 27.2 Å². The SMILES string of the molecule is C/C=C(/CC)N=C(C)c1ccccc1OC. The first-order chi connectivity index (χ1) is 7.72. The quantitative estimate of drug-likeness (QED) is 0.703. The molecule has 0 N–H and O–H groups in total. The number of methoxy groups -OCH3 is 1. The van der Waals surface area contributed by atoms with Crippen LogP contribution in [0, 0.1) is 0 Å². The highest BCUT2D eigenvalue weighted by atomic mass is 16.5. The normalized spacial score (nSPS) is 12.8. The van der Waals surface area contributed by atoms with E-state index in [0.717, 1.165) is 29.1 Å². The molecule has 0 aliphatic carbocycles. The standard InChI is InChI=1S/C14H19NO/c1-5-12(6-2)15-11(3)13-9-7-8-10-14(13)16-4/h5,7-10H,6H2,1-4H3/b12-5-,15-11?. The van der Waals surface area contributed by atoms with Gasteiger partial charge >= 0.3 is 0 Å². The number of benzene rings is 1. The molecular weight excluding hydrogens is 198 g/mol. The predicted octanol–water partition coefficient (Wildman–Crippen LogP) is 3.82. The molecule has 0 spiro atoms. The first kappa shape index (κ1) is 12.5. The van der Waals surface area contributed by atoms with E-state index in [1.54, 1.807) is 7.11 Å². The number of hydrogen-bond donors (Lipinski definition) is 0. The molecule has 1 aromatic carbocycles. The first-order valence-corrected chi connectivity index (χ1v) is 5.56. The Hall–Kier alpha value is -1.57. The van der Waals surface area contributed by atoms with Gasteiger partial charge in [0.25, 0.3) is 0 Å². The van der Waals surface area contributed by atoms with Crippen molar-refractivity contribution in [2.24, 2.45) is 4.99 Å². The van der Waals surface area contributed by atoms with E-state index in [1.807, 2.05) is 44.2 Å². The molecule has 0 unspecified atom stereocenters. The van der Waals surface area contributed by atoms with Crippen molar-refractivity contribution in [3.63, 3.8) is 0 Å². The molecule has 0 aliphatic heterocycles. The maximum Gasteiger partial charge on any atom is 0.127 e. The Kier molecular flexibility index (Phi) is 4.77. The fourth-order valence-corrected chi connectivity index (χ4v) is 1.57. The lowest BCUT2D eigenvalue weighted by molar-refractivity contribution is 0.414. The van der Waals surface area contributed by atoms with Crippen LogP contribution < -0.4 is 4.74 Å². The smallest absolute Gasteiger partial charge is 0.127 e. The highest BCUT2D eigenvalue weighted by Gasteiger charge is 2.04. The van der Waals surface area contributed by atoms with Crippen LogP contribution in [0.5, 0.6) is 5.75 Å². The summed E-state index contributed by atoms with van der Waals surface area (Å²) >= 11 is 0. The Balaban J connectivity index is 3.08. The zero-order valence-corrected chi connectivity index (χ0v) is 10.4. The van der Waals surface area contributed by atoms with E-state index in [4.69, 9.17) is 4.74 Å². The summed E-state index contributed by atoms with van der Waals surface area (Å²) in [4.78, 5) is 4.59. The second kappa shape index (κ2) is 6.11. The van der Waals surface area contributed by atoms with Crippen LogP contribution in [0.3, 0.4) is 0 Å². The molecule has 0 bridgehead atoms. The summed E-state index contributed by atoms with van der Waals surface area (Å²) in [5.41, 5.74) is 3.15. The average Bonchev–Trinajstić information content (AvgIpc) is 2.35.